The first-order valence-corrected chi connectivity index (χ1v) is 9.19. The summed E-state index contributed by atoms with van der Waals surface area (Å²) in [6.45, 7) is 0. The van der Waals surface area contributed by atoms with Crippen molar-refractivity contribution in [2.24, 2.45) is 15.5 Å². The van der Waals surface area contributed by atoms with E-state index in [9.17, 15) is 0 Å². The van der Waals surface area contributed by atoms with E-state index < -0.39 is 0 Å². The highest BCUT2D eigenvalue weighted by Gasteiger charge is 2.41. The van der Waals surface area contributed by atoms with E-state index in [2.05, 4.69) is 51.9 Å². The Morgan fingerprint density at radius 2 is 0.793 bits per heavy atom. The van der Waals surface area contributed by atoms with Crippen molar-refractivity contribution in [3.63, 3.8) is 0 Å². The summed E-state index contributed by atoms with van der Waals surface area (Å²) < 4.78 is 0. The average Bonchev–Trinajstić information content (AvgIpc) is 2.74. The van der Waals surface area contributed by atoms with Gasteiger partial charge < -0.3 is 15.6 Å². The number of hydrogen-bond donors (Lipinski definition) is 3. The van der Waals surface area contributed by atoms with E-state index in [1.165, 1.54) is 52.0 Å². The van der Waals surface area contributed by atoms with Crippen molar-refractivity contribution in [1.82, 2.24) is 0 Å². The molecule has 2 bridgehead atoms. The normalized spacial score (nSPS) is 19.0. The lowest BCUT2D eigenvalue weighted by atomic mass is 9.60. The predicted octanol–water partition coefficient (Wildman–Crippen LogP) is 4.10. The van der Waals surface area contributed by atoms with Gasteiger partial charge in [-0.1, -0.05) is 51.9 Å². The summed E-state index contributed by atoms with van der Waals surface area (Å²) in [6, 6.07) is 18.3. The summed E-state index contributed by atoms with van der Waals surface area (Å²) in [5.74, 6) is 0.0616. The Morgan fingerprint density at radius 3 is 1.10 bits per heavy atom. The van der Waals surface area contributed by atoms with E-state index in [4.69, 9.17) is 15.6 Å². The minimum Gasteiger partial charge on any atom is -0.411 e. The van der Waals surface area contributed by atoms with E-state index in [-0.39, 0.29) is 11.8 Å². The van der Waals surface area contributed by atoms with Crippen molar-refractivity contribution in [2.75, 3.05) is 0 Å². The minimum atomic E-state index is 0.0131. The molecule has 0 atom stereocenters. The van der Waals surface area contributed by atoms with Crippen LogP contribution in [0.25, 0.3) is 0 Å². The van der Waals surface area contributed by atoms with Crippen molar-refractivity contribution in [2.45, 2.75) is 11.8 Å². The molecule has 3 aliphatic carbocycles. The van der Waals surface area contributed by atoms with Gasteiger partial charge in [0.25, 0.3) is 0 Å². The van der Waals surface area contributed by atoms with Crippen LogP contribution in [0.15, 0.2) is 70.1 Å². The van der Waals surface area contributed by atoms with Gasteiger partial charge in [-0.2, -0.15) is 0 Å². The maximum atomic E-state index is 8.95. The van der Waals surface area contributed by atoms with E-state index in [1.807, 2.05) is 18.2 Å². The van der Waals surface area contributed by atoms with E-state index in [0.29, 0.717) is 0 Å². The predicted molar refractivity (Wildman–Crippen MR) is 109 cm³/mol. The van der Waals surface area contributed by atoms with E-state index in [1.54, 1.807) is 0 Å². The Bertz CT molecular complexity index is 1150. The molecule has 29 heavy (non-hydrogen) atoms. The highest BCUT2D eigenvalue weighted by molar-refractivity contribution is 5.84. The van der Waals surface area contributed by atoms with Crippen LogP contribution in [0.3, 0.4) is 0 Å². The lowest BCUT2D eigenvalue weighted by molar-refractivity contribution is 0.321. The zero-order valence-corrected chi connectivity index (χ0v) is 15.3. The molecule has 0 aliphatic heterocycles. The van der Waals surface area contributed by atoms with Crippen molar-refractivity contribution in [3.05, 3.63) is 105 Å². The van der Waals surface area contributed by atoms with Gasteiger partial charge in [-0.15, -0.1) is 0 Å². The molecule has 0 amide bonds. The van der Waals surface area contributed by atoms with Crippen molar-refractivity contribution < 1.29 is 15.6 Å². The summed E-state index contributed by atoms with van der Waals surface area (Å²) in [4.78, 5) is 0. The number of nitrogens with zero attached hydrogens (tertiary/aromatic N) is 3. The molecule has 3 aromatic rings. The summed E-state index contributed by atoms with van der Waals surface area (Å²) in [6.07, 6.45) is 4.30. The third kappa shape index (κ3) is 2.53. The monoisotopic (exact) mass is 383 g/mol. The molecular formula is C23H17N3O3. The highest BCUT2D eigenvalue weighted by atomic mass is 16.4. The van der Waals surface area contributed by atoms with Gasteiger partial charge >= 0.3 is 0 Å². The van der Waals surface area contributed by atoms with Gasteiger partial charge in [-0.3, -0.25) is 0 Å². The Kier molecular flexibility index (Phi) is 3.91. The quantitative estimate of drug-likeness (QED) is 0.249. The molecule has 0 saturated carbocycles. The van der Waals surface area contributed by atoms with Crippen LogP contribution in [0.5, 0.6) is 0 Å². The number of rotatable bonds is 3. The standard InChI is InChI=1S/C23H17N3O3/c27-24-10-13-3-6-18-19(7-13)22-16-4-1-14(11-25-28)8-20(16)23(18)21-9-15(12-26-29)2-5-17(21)22/h1-12,22-23,27-29H/b24-10+,25-11+,26-12+. The van der Waals surface area contributed by atoms with Gasteiger partial charge in [0.2, 0.25) is 0 Å². The molecule has 0 saturated heterocycles. The molecule has 0 fully saturated rings. The van der Waals surface area contributed by atoms with Crippen LogP contribution in [-0.2, 0) is 0 Å². The van der Waals surface area contributed by atoms with E-state index in [0.717, 1.165) is 16.7 Å². The second-order valence-corrected chi connectivity index (χ2v) is 7.26. The maximum Gasteiger partial charge on any atom is 0.0733 e. The van der Waals surface area contributed by atoms with Crippen LogP contribution < -0.4 is 0 Å². The molecule has 0 heterocycles. The molecule has 0 aromatic heterocycles. The SMILES string of the molecule is O/N=C/c1ccc2c(c1)C1c3ccc(/C=N/O)cc3C2c2cc(/C=N/O)ccc21. The van der Waals surface area contributed by atoms with Crippen LogP contribution in [0.1, 0.15) is 61.9 Å². The fraction of sp³-hybridized carbons (Fsp3) is 0.0870. The van der Waals surface area contributed by atoms with Crippen LogP contribution in [-0.4, -0.2) is 34.3 Å². The smallest absolute Gasteiger partial charge is 0.0733 e. The Balaban J connectivity index is 1.78. The molecule has 0 radical (unpaired) electrons. The van der Waals surface area contributed by atoms with Crippen LogP contribution in [0.4, 0.5) is 0 Å². The Labute approximate surface area is 166 Å². The molecule has 6 heteroatoms. The fourth-order valence-corrected chi connectivity index (χ4v) is 4.76. The molecule has 6 rings (SSSR count). The van der Waals surface area contributed by atoms with Gasteiger partial charge in [0.1, 0.15) is 0 Å². The summed E-state index contributed by atoms with van der Waals surface area (Å²) >= 11 is 0. The topological polar surface area (TPSA) is 97.8 Å². The molecule has 0 unspecified atom stereocenters. The number of hydrogen-bond acceptors (Lipinski definition) is 6. The molecule has 3 aliphatic rings. The zero-order chi connectivity index (χ0) is 20.0. The lowest BCUT2D eigenvalue weighted by Crippen LogP contribution is -2.28. The second-order valence-electron chi connectivity index (χ2n) is 7.26. The Morgan fingerprint density at radius 1 is 0.483 bits per heavy atom. The van der Waals surface area contributed by atoms with Gasteiger partial charge in [0.05, 0.1) is 18.6 Å². The molecule has 0 spiro atoms. The van der Waals surface area contributed by atoms with Gasteiger partial charge in [0.15, 0.2) is 0 Å². The summed E-state index contributed by atoms with van der Waals surface area (Å²) in [5.41, 5.74) is 9.68. The van der Waals surface area contributed by atoms with Crippen molar-refractivity contribution >= 4 is 18.6 Å². The molecule has 6 nitrogen and oxygen atoms in total. The third-order valence-corrected chi connectivity index (χ3v) is 5.82. The average molecular weight is 383 g/mol. The van der Waals surface area contributed by atoms with Gasteiger partial charge in [-0.05, 0) is 68.3 Å². The summed E-state index contributed by atoms with van der Waals surface area (Å²) in [7, 11) is 0. The van der Waals surface area contributed by atoms with Gasteiger partial charge in [0, 0.05) is 11.8 Å². The maximum absolute atomic E-state index is 8.95. The highest BCUT2D eigenvalue weighted by Crippen LogP contribution is 2.55. The minimum absolute atomic E-state index is 0.0131. The Hall–Kier alpha value is -3.93. The second kappa shape index (κ2) is 6.60. The number of benzene rings is 3. The number of oxime groups is 3. The molecule has 142 valence electrons. The molecular weight excluding hydrogens is 366 g/mol. The first-order valence-electron chi connectivity index (χ1n) is 9.19. The first-order chi connectivity index (χ1) is 14.2. The largest absolute Gasteiger partial charge is 0.411 e. The zero-order valence-electron chi connectivity index (χ0n) is 15.3. The molecule has 3 N–H and O–H groups in total. The van der Waals surface area contributed by atoms with E-state index >= 15 is 0 Å². The molecule has 3 aromatic carbocycles. The van der Waals surface area contributed by atoms with Crippen LogP contribution >= 0.6 is 0 Å². The fourth-order valence-electron chi connectivity index (χ4n) is 4.76. The summed E-state index contributed by atoms with van der Waals surface area (Å²) in [5, 5.41) is 36.3. The van der Waals surface area contributed by atoms with Crippen molar-refractivity contribution in [3.8, 4) is 0 Å². The lowest BCUT2D eigenvalue weighted by Gasteiger charge is -2.42. The van der Waals surface area contributed by atoms with Crippen molar-refractivity contribution in [1.29, 1.82) is 0 Å². The van der Waals surface area contributed by atoms with Gasteiger partial charge in [-0.25, -0.2) is 0 Å². The third-order valence-electron chi connectivity index (χ3n) is 5.82. The first kappa shape index (κ1) is 17.2. The van der Waals surface area contributed by atoms with Crippen LogP contribution in [0.2, 0.25) is 0 Å². The van der Waals surface area contributed by atoms with Crippen LogP contribution in [0, 0.1) is 0 Å².